The zero-order valence-electron chi connectivity index (χ0n) is 9.38. The molecule has 0 amide bonds. The molecule has 80 valence electrons. The first kappa shape index (κ1) is 13.2. The fourth-order valence-electron chi connectivity index (χ4n) is 1.32. The summed E-state index contributed by atoms with van der Waals surface area (Å²) in [6.45, 7) is 6.13. The minimum absolute atomic E-state index is 0.166. The molecule has 0 rings (SSSR count). The van der Waals surface area contributed by atoms with Gasteiger partial charge in [0.1, 0.15) is 0 Å². The van der Waals surface area contributed by atoms with E-state index in [0.29, 0.717) is 0 Å². The maximum atomic E-state index is 12.0. The predicted molar refractivity (Wildman–Crippen MR) is 58.8 cm³/mol. The lowest BCUT2D eigenvalue weighted by Crippen LogP contribution is -2.04. The highest BCUT2D eigenvalue weighted by Crippen LogP contribution is 2.51. The normalized spacial score (nSPS) is 16.1. The fraction of sp³-hybridized carbons (Fsp3) is 1.00. The molecule has 0 aromatic rings. The lowest BCUT2D eigenvalue weighted by Gasteiger charge is -2.19. The lowest BCUT2D eigenvalue weighted by atomic mass is 10.2. The third-order valence-corrected chi connectivity index (χ3v) is 5.55. The van der Waals surface area contributed by atoms with Crippen molar-refractivity contribution in [3.05, 3.63) is 0 Å². The molecule has 0 saturated carbocycles. The van der Waals surface area contributed by atoms with E-state index in [4.69, 9.17) is 4.52 Å². The van der Waals surface area contributed by atoms with Gasteiger partial charge in [-0.05, 0) is 6.42 Å². The van der Waals surface area contributed by atoms with Crippen molar-refractivity contribution in [1.82, 2.24) is 0 Å². The monoisotopic (exact) mass is 206 g/mol. The van der Waals surface area contributed by atoms with Gasteiger partial charge in [0.25, 0.3) is 0 Å². The average Bonchev–Trinajstić information content (AvgIpc) is 2.12. The number of hydrogen-bond donors (Lipinski definition) is 0. The van der Waals surface area contributed by atoms with Crippen LogP contribution in [-0.4, -0.2) is 18.9 Å². The Kier molecular flexibility index (Phi) is 6.71. The second-order valence-electron chi connectivity index (χ2n) is 3.79. The van der Waals surface area contributed by atoms with E-state index in [2.05, 4.69) is 6.92 Å². The van der Waals surface area contributed by atoms with Gasteiger partial charge in [0.05, 0.1) is 0 Å². The summed E-state index contributed by atoms with van der Waals surface area (Å²) in [6.07, 6.45) is 5.43. The highest BCUT2D eigenvalue weighted by atomic mass is 31.2. The summed E-state index contributed by atoms with van der Waals surface area (Å²) in [7, 11) is -0.742. The summed E-state index contributed by atoms with van der Waals surface area (Å²) in [5, 5.41) is 0. The Labute approximate surface area is 82.5 Å². The molecule has 1 unspecified atom stereocenters. The third-order valence-electron chi connectivity index (χ3n) is 2.42. The van der Waals surface area contributed by atoms with Crippen molar-refractivity contribution in [2.75, 3.05) is 13.3 Å². The molecule has 0 N–H and O–H groups in total. The molecule has 0 bridgehead atoms. The molecule has 0 saturated heterocycles. The van der Waals surface area contributed by atoms with Crippen LogP contribution >= 0.6 is 7.37 Å². The van der Waals surface area contributed by atoms with E-state index in [0.717, 1.165) is 12.6 Å². The van der Waals surface area contributed by atoms with Crippen molar-refractivity contribution in [2.24, 2.45) is 0 Å². The van der Waals surface area contributed by atoms with E-state index in [1.807, 2.05) is 13.8 Å². The molecular weight excluding hydrogens is 183 g/mol. The van der Waals surface area contributed by atoms with Crippen LogP contribution in [0.15, 0.2) is 0 Å². The van der Waals surface area contributed by atoms with E-state index >= 15 is 0 Å². The summed E-state index contributed by atoms with van der Waals surface area (Å²) in [4.78, 5) is 0. The maximum absolute atomic E-state index is 12.0. The van der Waals surface area contributed by atoms with E-state index in [1.54, 1.807) is 7.11 Å². The lowest BCUT2D eigenvalue weighted by molar-refractivity contribution is 0.384. The molecule has 0 aliphatic rings. The topological polar surface area (TPSA) is 26.3 Å². The van der Waals surface area contributed by atoms with Crippen LogP contribution in [0.25, 0.3) is 0 Å². The Morgan fingerprint density at radius 2 is 1.85 bits per heavy atom. The van der Waals surface area contributed by atoms with E-state index in [1.165, 1.54) is 19.3 Å². The fourth-order valence-corrected chi connectivity index (χ4v) is 3.10. The van der Waals surface area contributed by atoms with Crippen molar-refractivity contribution < 1.29 is 9.09 Å². The number of hydrogen-bond acceptors (Lipinski definition) is 2. The summed E-state index contributed by atoms with van der Waals surface area (Å²) >= 11 is 0. The van der Waals surface area contributed by atoms with Gasteiger partial charge in [0.15, 0.2) is 0 Å². The molecule has 0 radical (unpaired) electrons. The molecule has 0 heterocycles. The molecule has 1 atom stereocenters. The van der Waals surface area contributed by atoms with Gasteiger partial charge >= 0.3 is 0 Å². The van der Waals surface area contributed by atoms with Gasteiger partial charge in [0, 0.05) is 18.9 Å². The van der Waals surface area contributed by atoms with Gasteiger partial charge in [-0.25, -0.2) is 0 Å². The van der Waals surface area contributed by atoms with Crippen molar-refractivity contribution in [3.63, 3.8) is 0 Å². The van der Waals surface area contributed by atoms with Crippen molar-refractivity contribution in [2.45, 2.75) is 52.1 Å². The molecule has 0 aromatic carbocycles. The van der Waals surface area contributed by atoms with Crippen LogP contribution in [0.3, 0.4) is 0 Å². The molecular formula is C10H23O2P. The van der Waals surface area contributed by atoms with Crippen LogP contribution in [0.2, 0.25) is 0 Å². The molecule has 2 nitrogen and oxygen atoms in total. The first-order valence-electron chi connectivity index (χ1n) is 5.21. The molecule has 0 fully saturated rings. The van der Waals surface area contributed by atoms with Crippen LogP contribution in [0.5, 0.6) is 0 Å². The largest absolute Gasteiger partial charge is 0.332 e. The second-order valence-corrected chi connectivity index (χ2v) is 7.08. The zero-order chi connectivity index (χ0) is 10.3. The van der Waals surface area contributed by atoms with E-state index < -0.39 is 7.37 Å². The summed E-state index contributed by atoms with van der Waals surface area (Å²) in [6, 6.07) is 0. The van der Waals surface area contributed by atoms with Crippen LogP contribution in [0.4, 0.5) is 0 Å². The summed E-state index contributed by atoms with van der Waals surface area (Å²) < 4.78 is 17.2. The van der Waals surface area contributed by atoms with Gasteiger partial charge in [-0.1, -0.05) is 40.0 Å². The molecule has 0 aliphatic carbocycles. The van der Waals surface area contributed by atoms with Gasteiger partial charge in [0.2, 0.25) is 7.37 Å². The van der Waals surface area contributed by atoms with Gasteiger partial charge in [-0.15, -0.1) is 0 Å². The maximum Gasteiger partial charge on any atom is 0.205 e. The minimum atomic E-state index is -2.31. The molecule has 3 heteroatoms. The zero-order valence-corrected chi connectivity index (χ0v) is 10.3. The van der Waals surface area contributed by atoms with Crippen LogP contribution in [0.1, 0.15) is 46.5 Å². The quantitative estimate of drug-likeness (QED) is 0.466. The molecule has 13 heavy (non-hydrogen) atoms. The first-order valence-corrected chi connectivity index (χ1v) is 7.09. The third kappa shape index (κ3) is 4.83. The standard InChI is InChI=1S/C10H23O2P/c1-5-6-7-8-9-13(11,12-4)10(2)3/h10H,5-9H2,1-4H3. The summed E-state index contributed by atoms with van der Waals surface area (Å²) in [5.74, 6) is 0. The molecule has 0 aliphatic heterocycles. The van der Waals surface area contributed by atoms with Crippen molar-refractivity contribution in [1.29, 1.82) is 0 Å². The Balaban J connectivity index is 3.78. The van der Waals surface area contributed by atoms with Gasteiger partial charge in [-0.3, -0.25) is 4.57 Å². The van der Waals surface area contributed by atoms with Gasteiger partial charge < -0.3 is 4.52 Å². The Bertz CT molecular complexity index is 166. The van der Waals surface area contributed by atoms with E-state index in [9.17, 15) is 4.57 Å². The number of unbranched alkanes of at least 4 members (excludes halogenated alkanes) is 3. The highest BCUT2D eigenvalue weighted by molar-refractivity contribution is 7.59. The predicted octanol–water partition coefficient (Wildman–Crippen LogP) is 3.90. The highest BCUT2D eigenvalue weighted by Gasteiger charge is 2.24. The summed E-state index contributed by atoms with van der Waals surface area (Å²) in [5.41, 5.74) is 0.166. The van der Waals surface area contributed by atoms with Crippen molar-refractivity contribution in [3.8, 4) is 0 Å². The number of rotatable bonds is 7. The van der Waals surface area contributed by atoms with Crippen LogP contribution in [-0.2, 0) is 9.09 Å². The Morgan fingerprint density at radius 1 is 1.23 bits per heavy atom. The molecule has 0 spiro atoms. The van der Waals surface area contributed by atoms with Gasteiger partial charge in [-0.2, -0.15) is 0 Å². The van der Waals surface area contributed by atoms with Crippen LogP contribution < -0.4 is 0 Å². The average molecular weight is 206 g/mol. The SMILES string of the molecule is CCCCCCP(=O)(OC)C(C)C. The second kappa shape index (κ2) is 6.62. The Hall–Kier alpha value is 0.190. The van der Waals surface area contributed by atoms with E-state index in [-0.39, 0.29) is 5.66 Å². The smallest absolute Gasteiger partial charge is 0.205 e. The van der Waals surface area contributed by atoms with Crippen molar-refractivity contribution >= 4 is 7.37 Å². The van der Waals surface area contributed by atoms with Crippen LogP contribution in [0, 0.1) is 0 Å². The Morgan fingerprint density at radius 3 is 2.23 bits per heavy atom. The first-order chi connectivity index (χ1) is 6.06. The molecule has 0 aromatic heterocycles. The minimum Gasteiger partial charge on any atom is -0.332 e.